The molecule has 1 aliphatic rings. The summed E-state index contributed by atoms with van der Waals surface area (Å²) in [6.07, 6.45) is 4.95. The topological polar surface area (TPSA) is 80.4 Å². The summed E-state index contributed by atoms with van der Waals surface area (Å²) in [5.41, 5.74) is 0.329. The summed E-state index contributed by atoms with van der Waals surface area (Å²) < 4.78 is 7.13. The molecular weight excluding hydrogens is 356 g/mol. The van der Waals surface area contributed by atoms with Gasteiger partial charge in [0.25, 0.3) is 11.5 Å². The van der Waals surface area contributed by atoms with E-state index in [0.717, 1.165) is 32.0 Å². The molecule has 0 aromatic carbocycles. The lowest BCUT2D eigenvalue weighted by atomic mass is 10.0. The standard InChI is InChI=1S/C21H32N4O3/c1-14(2)11-25-13-23-20-18(21(25)27)17(16(4)28-20)19(26)22-8-6-10-24-9-5-7-15(3)12-24/h13-15H,5-12H2,1-4H3,(H,22,26). The number of nitrogens with zero attached hydrogens (tertiary/aromatic N) is 3. The number of rotatable bonds is 7. The Labute approximate surface area is 166 Å². The molecule has 1 fully saturated rings. The number of hydrogen-bond donors (Lipinski definition) is 1. The highest BCUT2D eigenvalue weighted by Gasteiger charge is 2.23. The van der Waals surface area contributed by atoms with Crippen LogP contribution in [0.25, 0.3) is 11.1 Å². The van der Waals surface area contributed by atoms with Crippen molar-refractivity contribution in [3.05, 3.63) is 28.0 Å². The Kier molecular flexibility index (Phi) is 6.54. The van der Waals surface area contributed by atoms with Crippen LogP contribution in [0.4, 0.5) is 0 Å². The minimum atomic E-state index is -0.260. The van der Waals surface area contributed by atoms with Gasteiger partial charge in [0.1, 0.15) is 17.5 Å². The Morgan fingerprint density at radius 1 is 1.43 bits per heavy atom. The molecule has 7 heteroatoms. The number of fused-ring (bicyclic) bond motifs is 1. The van der Waals surface area contributed by atoms with Crippen LogP contribution < -0.4 is 10.9 Å². The summed E-state index contributed by atoms with van der Waals surface area (Å²) in [4.78, 5) is 32.3. The molecule has 0 aliphatic carbocycles. The van der Waals surface area contributed by atoms with Crippen molar-refractivity contribution in [1.29, 1.82) is 0 Å². The number of furan rings is 1. The molecule has 2 aromatic rings. The molecule has 1 unspecified atom stereocenters. The molecule has 2 aromatic heterocycles. The van der Waals surface area contributed by atoms with E-state index in [1.165, 1.54) is 19.2 Å². The number of carbonyl (C=O) groups is 1. The van der Waals surface area contributed by atoms with E-state index in [0.29, 0.717) is 30.3 Å². The minimum Gasteiger partial charge on any atom is -0.442 e. The summed E-state index contributed by atoms with van der Waals surface area (Å²) in [6, 6.07) is 0. The molecule has 3 rings (SSSR count). The first kappa shape index (κ1) is 20.6. The molecule has 0 saturated carbocycles. The SMILES string of the molecule is Cc1oc2ncn(CC(C)C)c(=O)c2c1C(=O)NCCCN1CCCC(C)C1. The highest BCUT2D eigenvalue weighted by molar-refractivity contribution is 6.06. The fourth-order valence-corrected chi connectivity index (χ4v) is 4.02. The lowest BCUT2D eigenvalue weighted by Crippen LogP contribution is -2.36. The van der Waals surface area contributed by atoms with E-state index in [1.807, 2.05) is 13.8 Å². The van der Waals surface area contributed by atoms with E-state index in [1.54, 1.807) is 11.5 Å². The van der Waals surface area contributed by atoms with Gasteiger partial charge in [0.2, 0.25) is 5.71 Å². The Bertz CT molecular complexity index is 884. The highest BCUT2D eigenvalue weighted by Crippen LogP contribution is 2.21. The van der Waals surface area contributed by atoms with E-state index in [2.05, 4.69) is 22.1 Å². The van der Waals surface area contributed by atoms with Crippen molar-refractivity contribution in [3.8, 4) is 0 Å². The average molecular weight is 389 g/mol. The van der Waals surface area contributed by atoms with Crippen LogP contribution in [-0.4, -0.2) is 46.5 Å². The second-order valence-corrected chi connectivity index (χ2v) is 8.47. The van der Waals surface area contributed by atoms with Crippen molar-refractivity contribution in [2.45, 2.75) is 53.5 Å². The molecule has 0 radical (unpaired) electrons. The number of likely N-dealkylation sites (tertiary alicyclic amines) is 1. The lowest BCUT2D eigenvalue weighted by Gasteiger charge is -2.30. The summed E-state index contributed by atoms with van der Waals surface area (Å²) in [6.45, 7) is 12.5. The van der Waals surface area contributed by atoms with E-state index in [4.69, 9.17) is 4.42 Å². The highest BCUT2D eigenvalue weighted by atomic mass is 16.3. The molecular formula is C21H32N4O3. The van der Waals surface area contributed by atoms with Crippen molar-refractivity contribution in [2.75, 3.05) is 26.2 Å². The third kappa shape index (κ3) is 4.63. The first-order valence-electron chi connectivity index (χ1n) is 10.4. The van der Waals surface area contributed by atoms with Crippen LogP contribution in [-0.2, 0) is 6.54 Å². The number of piperidine rings is 1. The van der Waals surface area contributed by atoms with E-state index < -0.39 is 0 Å². The molecule has 154 valence electrons. The van der Waals surface area contributed by atoms with Crippen molar-refractivity contribution in [2.24, 2.45) is 11.8 Å². The number of carbonyl (C=O) groups excluding carboxylic acids is 1. The van der Waals surface area contributed by atoms with Gasteiger partial charge in [0, 0.05) is 19.6 Å². The maximum Gasteiger partial charge on any atom is 0.265 e. The lowest BCUT2D eigenvalue weighted by molar-refractivity contribution is 0.0950. The van der Waals surface area contributed by atoms with Gasteiger partial charge in [-0.2, -0.15) is 0 Å². The van der Waals surface area contributed by atoms with Gasteiger partial charge in [0.05, 0.1) is 5.56 Å². The molecule has 1 aliphatic heterocycles. The predicted octanol–water partition coefficient (Wildman–Crippen LogP) is 2.81. The van der Waals surface area contributed by atoms with Gasteiger partial charge in [-0.05, 0) is 51.1 Å². The molecule has 1 N–H and O–H groups in total. The molecule has 1 amide bonds. The molecule has 3 heterocycles. The second-order valence-electron chi connectivity index (χ2n) is 8.47. The number of aryl methyl sites for hydroxylation is 1. The van der Waals surface area contributed by atoms with Crippen molar-refractivity contribution in [3.63, 3.8) is 0 Å². The zero-order valence-corrected chi connectivity index (χ0v) is 17.5. The normalized spacial score (nSPS) is 18.1. The summed E-state index contributed by atoms with van der Waals surface area (Å²) in [5, 5.41) is 3.24. The first-order chi connectivity index (χ1) is 13.4. The number of amides is 1. The third-order valence-electron chi connectivity index (χ3n) is 5.32. The summed E-state index contributed by atoms with van der Waals surface area (Å²) in [5.74, 6) is 1.23. The molecule has 0 spiro atoms. The fraction of sp³-hybridized carbons (Fsp3) is 0.667. The Morgan fingerprint density at radius 3 is 2.93 bits per heavy atom. The van der Waals surface area contributed by atoms with Crippen LogP contribution in [0.3, 0.4) is 0 Å². The van der Waals surface area contributed by atoms with Crippen LogP contribution in [0.15, 0.2) is 15.5 Å². The maximum absolute atomic E-state index is 12.8. The van der Waals surface area contributed by atoms with Crippen molar-refractivity contribution >= 4 is 17.0 Å². The smallest absolute Gasteiger partial charge is 0.265 e. The first-order valence-corrected chi connectivity index (χ1v) is 10.4. The van der Waals surface area contributed by atoms with E-state index >= 15 is 0 Å². The van der Waals surface area contributed by atoms with Crippen molar-refractivity contribution < 1.29 is 9.21 Å². The quantitative estimate of drug-likeness (QED) is 0.738. The predicted molar refractivity (Wildman–Crippen MR) is 110 cm³/mol. The van der Waals surface area contributed by atoms with Gasteiger partial charge < -0.3 is 14.6 Å². The zero-order chi connectivity index (χ0) is 20.3. The molecule has 7 nitrogen and oxygen atoms in total. The van der Waals surface area contributed by atoms with Gasteiger partial charge in [-0.1, -0.05) is 20.8 Å². The van der Waals surface area contributed by atoms with Crippen LogP contribution >= 0.6 is 0 Å². The number of aromatic nitrogens is 2. The summed E-state index contributed by atoms with van der Waals surface area (Å²) >= 11 is 0. The monoisotopic (exact) mass is 388 g/mol. The minimum absolute atomic E-state index is 0.219. The molecule has 1 saturated heterocycles. The Balaban J connectivity index is 1.67. The van der Waals surface area contributed by atoms with Crippen molar-refractivity contribution in [1.82, 2.24) is 19.8 Å². The molecule has 1 atom stereocenters. The van der Waals surface area contributed by atoms with E-state index in [-0.39, 0.29) is 22.6 Å². The molecule has 0 bridgehead atoms. The van der Waals surface area contributed by atoms with Gasteiger partial charge in [0.15, 0.2) is 0 Å². The molecule has 28 heavy (non-hydrogen) atoms. The largest absolute Gasteiger partial charge is 0.442 e. The number of nitrogens with one attached hydrogen (secondary N) is 1. The van der Waals surface area contributed by atoms with Crippen LogP contribution in [0.1, 0.15) is 56.2 Å². The van der Waals surface area contributed by atoms with Gasteiger partial charge in [-0.15, -0.1) is 0 Å². The maximum atomic E-state index is 12.8. The van der Waals surface area contributed by atoms with Gasteiger partial charge in [-0.25, -0.2) is 4.98 Å². The number of hydrogen-bond acceptors (Lipinski definition) is 5. The Hall–Kier alpha value is -2.15. The van der Waals surface area contributed by atoms with Gasteiger partial charge >= 0.3 is 0 Å². The second kappa shape index (κ2) is 8.90. The average Bonchev–Trinajstić information content (AvgIpc) is 2.98. The van der Waals surface area contributed by atoms with E-state index in [9.17, 15) is 9.59 Å². The third-order valence-corrected chi connectivity index (χ3v) is 5.32. The van der Waals surface area contributed by atoms with Crippen LogP contribution in [0.2, 0.25) is 0 Å². The zero-order valence-electron chi connectivity index (χ0n) is 17.5. The summed E-state index contributed by atoms with van der Waals surface area (Å²) in [7, 11) is 0. The Morgan fingerprint density at radius 2 is 2.21 bits per heavy atom. The fourth-order valence-electron chi connectivity index (χ4n) is 4.02. The van der Waals surface area contributed by atoms with Crippen LogP contribution in [0.5, 0.6) is 0 Å². The van der Waals surface area contributed by atoms with Gasteiger partial charge in [-0.3, -0.25) is 14.2 Å². The van der Waals surface area contributed by atoms with Crippen LogP contribution in [0, 0.1) is 18.8 Å².